The molecule has 10 heteroatoms. The van der Waals surface area contributed by atoms with Gasteiger partial charge < -0.3 is 19.2 Å². The van der Waals surface area contributed by atoms with E-state index in [2.05, 4.69) is 5.32 Å². The summed E-state index contributed by atoms with van der Waals surface area (Å²) < 4.78 is 45.2. The van der Waals surface area contributed by atoms with Crippen LogP contribution in [0.1, 0.15) is 34.5 Å². The first-order chi connectivity index (χ1) is 16.3. The molecular formula is C24H25ClN2O6S. The van der Waals surface area contributed by atoms with E-state index in [9.17, 15) is 13.2 Å². The number of aryl methyl sites for hydroxylation is 1. The van der Waals surface area contributed by atoms with Crippen LogP contribution in [-0.4, -0.2) is 50.7 Å². The van der Waals surface area contributed by atoms with Crippen molar-refractivity contribution < 1.29 is 27.1 Å². The Balaban J connectivity index is 1.35. The van der Waals surface area contributed by atoms with Crippen molar-refractivity contribution in [2.24, 2.45) is 0 Å². The molecule has 180 valence electrons. The maximum absolute atomic E-state index is 13.3. The van der Waals surface area contributed by atoms with Crippen LogP contribution in [0.2, 0.25) is 5.02 Å². The molecule has 2 aromatic carbocycles. The number of sulfonamides is 1. The number of carbonyl (C=O) groups is 1. The lowest BCUT2D eigenvalue weighted by molar-refractivity contribution is -0.179. The fourth-order valence-corrected chi connectivity index (χ4v) is 6.15. The van der Waals surface area contributed by atoms with Crippen LogP contribution in [0.3, 0.4) is 0 Å². The normalized spacial score (nSPS) is 18.5. The molecule has 2 aliphatic rings. The standard InChI is InChI=1S/C24H25ClN2O6S/c1-16-19-14-18(34(29,30)27-10-8-24(9-11-27)31-12-13-32-24)6-7-21(19)33-22(16)23(28)26-15-17-4-2-3-5-20(17)25/h2-7,14H,8-13,15H2,1H3,(H,26,28). The zero-order valence-corrected chi connectivity index (χ0v) is 20.2. The highest BCUT2D eigenvalue weighted by atomic mass is 35.5. The summed E-state index contributed by atoms with van der Waals surface area (Å²) in [6, 6.07) is 11.9. The third kappa shape index (κ3) is 4.23. The number of ether oxygens (including phenoxy) is 2. The van der Waals surface area contributed by atoms with E-state index in [1.165, 1.54) is 10.4 Å². The van der Waals surface area contributed by atoms with Crippen molar-refractivity contribution in [2.45, 2.75) is 37.0 Å². The van der Waals surface area contributed by atoms with Gasteiger partial charge in [0.25, 0.3) is 5.91 Å². The molecule has 1 N–H and O–H groups in total. The number of hydrogen-bond donors (Lipinski definition) is 1. The third-order valence-corrected chi connectivity index (χ3v) is 8.71. The molecule has 2 saturated heterocycles. The highest BCUT2D eigenvalue weighted by molar-refractivity contribution is 7.89. The van der Waals surface area contributed by atoms with E-state index < -0.39 is 21.7 Å². The second-order valence-corrected chi connectivity index (χ2v) is 10.8. The van der Waals surface area contributed by atoms with Gasteiger partial charge in [0.1, 0.15) is 5.58 Å². The number of amides is 1. The van der Waals surface area contributed by atoms with Gasteiger partial charge in [-0.2, -0.15) is 4.31 Å². The predicted molar refractivity (Wildman–Crippen MR) is 126 cm³/mol. The van der Waals surface area contributed by atoms with Crippen LogP contribution in [0.4, 0.5) is 0 Å². The molecule has 2 aliphatic heterocycles. The molecule has 8 nitrogen and oxygen atoms in total. The average molecular weight is 505 g/mol. The number of carbonyl (C=O) groups excluding carboxylic acids is 1. The Kier molecular flexibility index (Phi) is 6.16. The van der Waals surface area contributed by atoms with E-state index in [-0.39, 0.29) is 17.2 Å². The Morgan fingerprint density at radius 1 is 1.12 bits per heavy atom. The van der Waals surface area contributed by atoms with Gasteiger partial charge in [-0.05, 0) is 36.8 Å². The summed E-state index contributed by atoms with van der Waals surface area (Å²) in [6.45, 7) is 3.71. The lowest BCUT2D eigenvalue weighted by Gasteiger charge is -2.36. The third-order valence-electron chi connectivity index (χ3n) is 6.45. The van der Waals surface area contributed by atoms with Crippen LogP contribution in [0.25, 0.3) is 11.0 Å². The molecule has 0 radical (unpaired) electrons. The van der Waals surface area contributed by atoms with Gasteiger partial charge in [-0.3, -0.25) is 4.79 Å². The Bertz CT molecular complexity index is 1340. The summed E-state index contributed by atoms with van der Waals surface area (Å²) in [5.41, 5.74) is 1.81. The molecule has 3 heterocycles. The highest BCUT2D eigenvalue weighted by Gasteiger charge is 2.42. The highest BCUT2D eigenvalue weighted by Crippen LogP contribution is 2.34. The lowest BCUT2D eigenvalue weighted by Crippen LogP contribution is -2.47. The maximum atomic E-state index is 13.3. The van der Waals surface area contributed by atoms with E-state index in [1.54, 1.807) is 25.1 Å². The molecule has 2 fully saturated rings. The fraction of sp³-hybridized carbons (Fsp3) is 0.375. The van der Waals surface area contributed by atoms with Crippen molar-refractivity contribution in [3.63, 3.8) is 0 Å². The Hall–Kier alpha value is -2.43. The molecular weight excluding hydrogens is 480 g/mol. The lowest BCUT2D eigenvalue weighted by atomic mass is 10.1. The number of nitrogens with one attached hydrogen (secondary N) is 1. The van der Waals surface area contributed by atoms with Crippen molar-refractivity contribution in [3.8, 4) is 0 Å². The number of nitrogens with zero attached hydrogens (tertiary/aromatic N) is 1. The summed E-state index contributed by atoms with van der Waals surface area (Å²) in [4.78, 5) is 12.9. The van der Waals surface area contributed by atoms with Crippen LogP contribution in [0, 0.1) is 6.92 Å². The van der Waals surface area contributed by atoms with Gasteiger partial charge in [-0.1, -0.05) is 29.8 Å². The van der Waals surface area contributed by atoms with E-state index in [0.717, 1.165) is 5.56 Å². The number of piperidine rings is 1. The average Bonchev–Trinajstić information content (AvgIpc) is 3.43. The van der Waals surface area contributed by atoms with Crippen LogP contribution in [-0.2, 0) is 26.0 Å². The zero-order chi connectivity index (χ0) is 23.9. The smallest absolute Gasteiger partial charge is 0.287 e. The van der Waals surface area contributed by atoms with Crippen molar-refractivity contribution in [1.82, 2.24) is 9.62 Å². The van der Waals surface area contributed by atoms with E-state index in [0.29, 0.717) is 60.7 Å². The molecule has 34 heavy (non-hydrogen) atoms. The topological polar surface area (TPSA) is 98.1 Å². The van der Waals surface area contributed by atoms with E-state index >= 15 is 0 Å². The summed E-state index contributed by atoms with van der Waals surface area (Å²) in [5, 5.41) is 3.96. The summed E-state index contributed by atoms with van der Waals surface area (Å²) in [6.07, 6.45) is 0.990. The first-order valence-corrected chi connectivity index (χ1v) is 12.9. The molecule has 1 amide bonds. The fourth-order valence-electron chi connectivity index (χ4n) is 4.48. The minimum atomic E-state index is -3.71. The number of benzene rings is 2. The van der Waals surface area contributed by atoms with Gasteiger partial charge in [-0.25, -0.2) is 8.42 Å². The van der Waals surface area contributed by atoms with Gasteiger partial charge in [-0.15, -0.1) is 0 Å². The van der Waals surface area contributed by atoms with Crippen LogP contribution in [0.15, 0.2) is 51.8 Å². The number of hydrogen-bond acceptors (Lipinski definition) is 6. The molecule has 1 aromatic heterocycles. The van der Waals surface area contributed by atoms with E-state index in [4.69, 9.17) is 25.5 Å². The summed E-state index contributed by atoms with van der Waals surface area (Å²) in [7, 11) is -3.71. The predicted octanol–water partition coefficient (Wildman–Crippen LogP) is 3.85. The molecule has 1 spiro atoms. The summed E-state index contributed by atoms with van der Waals surface area (Å²) >= 11 is 6.16. The largest absolute Gasteiger partial charge is 0.451 e. The van der Waals surface area contributed by atoms with Gasteiger partial charge in [0.05, 0.1) is 18.1 Å². The second kappa shape index (κ2) is 8.98. The molecule has 0 bridgehead atoms. The Morgan fingerprint density at radius 2 is 1.82 bits per heavy atom. The van der Waals surface area contributed by atoms with Crippen molar-refractivity contribution in [1.29, 1.82) is 0 Å². The number of halogens is 1. The first-order valence-electron chi connectivity index (χ1n) is 11.1. The van der Waals surface area contributed by atoms with Crippen molar-refractivity contribution >= 4 is 38.5 Å². The Labute approximate surface area is 202 Å². The molecule has 0 atom stereocenters. The SMILES string of the molecule is Cc1c(C(=O)NCc2ccccc2Cl)oc2ccc(S(=O)(=O)N3CCC4(CC3)OCCO4)cc12. The number of furan rings is 1. The van der Waals surface area contributed by atoms with Crippen LogP contribution < -0.4 is 5.32 Å². The first kappa shape index (κ1) is 23.3. The maximum Gasteiger partial charge on any atom is 0.287 e. The number of fused-ring (bicyclic) bond motifs is 1. The minimum absolute atomic E-state index is 0.145. The number of rotatable bonds is 5. The summed E-state index contributed by atoms with van der Waals surface area (Å²) in [5.74, 6) is -0.897. The molecule has 0 unspecified atom stereocenters. The molecule has 5 rings (SSSR count). The van der Waals surface area contributed by atoms with Gasteiger partial charge in [0.2, 0.25) is 10.0 Å². The molecule has 0 saturated carbocycles. The second-order valence-electron chi connectivity index (χ2n) is 8.50. The monoisotopic (exact) mass is 504 g/mol. The van der Waals surface area contributed by atoms with Gasteiger partial charge in [0.15, 0.2) is 11.5 Å². The van der Waals surface area contributed by atoms with Crippen molar-refractivity contribution in [2.75, 3.05) is 26.3 Å². The quantitative estimate of drug-likeness (QED) is 0.566. The van der Waals surface area contributed by atoms with Crippen molar-refractivity contribution in [3.05, 3.63) is 64.4 Å². The molecule has 3 aromatic rings. The minimum Gasteiger partial charge on any atom is -0.451 e. The van der Waals surface area contributed by atoms with Gasteiger partial charge >= 0.3 is 0 Å². The molecule has 0 aliphatic carbocycles. The zero-order valence-electron chi connectivity index (χ0n) is 18.7. The van der Waals surface area contributed by atoms with Crippen LogP contribution in [0.5, 0.6) is 0 Å². The van der Waals surface area contributed by atoms with Gasteiger partial charge in [0, 0.05) is 48.4 Å². The Morgan fingerprint density at radius 3 is 2.53 bits per heavy atom. The van der Waals surface area contributed by atoms with E-state index in [1.807, 2.05) is 18.2 Å². The van der Waals surface area contributed by atoms with Crippen LogP contribution >= 0.6 is 11.6 Å².